The van der Waals surface area contributed by atoms with E-state index in [2.05, 4.69) is 20.8 Å². The number of hydrogen-bond acceptors (Lipinski definition) is 2. The van der Waals surface area contributed by atoms with Crippen LogP contribution in [0.15, 0.2) is 30.3 Å². The molecule has 0 spiro atoms. The van der Waals surface area contributed by atoms with Crippen LogP contribution in [0.25, 0.3) is 0 Å². The Bertz CT molecular complexity index is 413. The van der Waals surface area contributed by atoms with Gasteiger partial charge in [0, 0.05) is 0 Å². The summed E-state index contributed by atoms with van der Waals surface area (Å²) < 4.78 is 5.77. The fourth-order valence-corrected chi connectivity index (χ4v) is 3.68. The molecule has 1 aromatic carbocycles. The highest BCUT2D eigenvalue weighted by Gasteiger charge is 2.37. The Morgan fingerprint density at radius 1 is 1.19 bits per heavy atom. The molecule has 2 rings (SSSR count). The first-order chi connectivity index (χ1) is 9.99. The van der Waals surface area contributed by atoms with Crippen molar-refractivity contribution in [3.8, 4) is 5.75 Å². The maximum absolute atomic E-state index is 10.4. The minimum Gasteiger partial charge on any atom is -0.494 e. The Hall–Kier alpha value is -1.02. The zero-order chi connectivity index (χ0) is 15.3. The summed E-state index contributed by atoms with van der Waals surface area (Å²) in [6.07, 6.45) is 5.41. The molecule has 1 fully saturated rings. The van der Waals surface area contributed by atoms with E-state index < -0.39 is 0 Å². The summed E-state index contributed by atoms with van der Waals surface area (Å²) in [6, 6.07) is 9.99. The van der Waals surface area contributed by atoms with E-state index in [4.69, 9.17) is 4.74 Å². The quantitative estimate of drug-likeness (QED) is 0.772. The number of rotatable bonds is 6. The Morgan fingerprint density at radius 3 is 2.57 bits per heavy atom. The van der Waals surface area contributed by atoms with Gasteiger partial charge in [-0.15, -0.1) is 0 Å². The first-order valence-corrected chi connectivity index (χ1v) is 8.35. The van der Waals surface area contributed by atoms with Gasteiger partial charge in [-0.05, 0) is 55.1 Å². The van der Waals surface area contributed by atoms with Gasteiger partial charge in [-0.3, -0.25) is 0 Å². The van der Waals surface area contributed by atoms with Gasteiger partial charge in [0.15, 0.2) is 0 Å². The van der Waals surface area contributed by atoms with Gasteiger partial charge < -0.3 is 9.84 Å². The standard InChI is InChI=1S/C19H30O2/c1-15-10-11-17(18(20)14-15)19(2,3)12-7-13-21-16-8-5-4-6-9-16/h4-6,8-9,15,17-18,20H,7,10-14H2,1-3H3. The molecule has 1 aliphatic carbocycles. The minimum absolute atomic E-state index is 0.126. The summed E-state index contributed by atoms with van der Waals surface area (Å²) in [7, 11) is 0. The molecule has 1 saturated carbocycles. The summed E-state index contributed by atoms with van der Waals surface area (Å²) >= 11 is 0. The van der Waals surface area contributed by atoms with Crippen molar-refractivity contribution in [2.24, 2.45) is 17.3 Å². The van der Waals surface area contributed by atoms with Crippen molar-refractivity contribution in [2.75, 3.05) is 6.61 Å². The Morgan fingerprint density at radius 2 is 1.90 bits per heavy atom. The summed E-state index contributed by atoms with van der Waals surface area (Å²) in [6.45, 7) is 7.62. The van der Waals surface area contributed by atoms with Crippen LogP contribution in [-0.2, 0) is 0 Å². The molecule has 0 aromatic heterocycles. The monoisotopic (exact) mass is 290 g/mol. The molecule has 0 heterocycles. The number of hydrogen-bond donors (Lipinski definition) is 1. The fraction of sp³-hybridized carbons (Fsp3) is 0.684. The molecule has 0 saturated heterocycles. The Balaban J connectivity index is 1.76. The lowest BCUT2D eigenvalue weighted by atomic mass is 9.66. The molecule has 0 amide bonds. The molecule has 2 heteroatoms. The Labute approximate surface area is 129 Å². The summed E-state index contributed by atoms with van der Waals surface area (Å²) in [5.41, 5.74) is 0.194. The Kier molecular flexibility index (Phi) is 5.69. The zero-order valence-electron chi connectivity index (χ0n) is 13.7. The third-order valence-electron chi connectivity index (χ3n) is 5.06. The van der Waals surface area contributed by atoms with Gasteiger partial charge in [-0.25, -0.2) is 0 Å². The molecule has 0 aliphatic heterocycles. The van der Waals surface area contributed by atoms with Gasteiger partial charge in [0.25, 0.3) is 0 Å². The molecule has 0 radical (unpaired) electrons. The van der Waals surface area contributed by atoms with Crippen LogP contribution in [0.2, 0.25) is 0 Å². The molecule has 3 unspecified atom stereocenters. The van der Waals surface area contributed by atoms with E-state index in [1.54, 1.807) is 0 Å². The van der Waals surface area contributed by atoms with Crippen LogP contribution in [-0.4, -0.2) is 17.8 Å². The van der Waals surface area contributed by atoms with E-state index in [1.807, 2.05) is 30.3 Å². The lowest BCUT2D eigenvalue weighted by Gasteiger charge is -2.42. The first kappa shape index (κ1) is 16.4. The maximum atomic E-state index is 10.4. The summed E-state index contributed by atoms with van der Waals surface area (Å²) in [4.78, 5) is 0. The average molecular weight is 290 g/mol. The molecule has 21 heavy (non-hydrogen) atoms. The third kappa shape index (κ3) is 4.74. The van der Waals surface area contributed by atoms with Crippen LogP contribution in [0.1, 0.15) is 52.9 Å². The number of benzene rings is 1. The number of para-hydroxylation sites is 1. The van der Waals surface area contributed by atoms with Crippen LogP contribution >= 0.6 is 0 Å². The van der Waals surface area contributed by atoms with Crippen LogP contribution in [0.5, 0.6) is 5.75 Å². The first-order valence-electron chi connectivity index (χ1n) is 8.35. The predicted octanol–water partition coefficient (Wildman–Crippen LogP) is 4.67. The SMILES string of the molecule is CC1CCC(C(C)(C)CCCOc2ccccc2)C(O)C1. The second-order valence-corrected chi connectivity index (χ2v) is 7.35. The normalized spacial score (nSPS) is 26.6. The van der Waals surface area contributed by atoms with Crippen molar-refractivity contribution in [3.63, 3.8) is 0 Å². The smallest absolute Gasteiger partial charge is 0.119 e. The third-order valence-corrected chi connectivity index (χ3v) is 5.06. The molecule has 2 nitrogen and oxygen atoms in total. The molecular weight excluding hydrogens is 260 g/mol. The number of aliphatic hydroxyl groups is 1. The van der Waals surface area contributed by atoms with Gasteiger partial charge in [-0.1, -0.05) is 45.4 Å². The van der Waals surface area contributed by atoms with Gasteiger partial charge in [0.2, 0.25) is 0 Å². The van der Waals surface area contributed by atoms with E-state index in [9.17, 15) is 5.11 Å². The van der Waals surface area contributed by atoms with Crippen molar-refractivity contribution >= 4 is 0 Å². The predicted molar refractivity (Wildman–Crippen MR) is 87.5 cm³/mol. The zero-order valence-corrected chi connectivity index (χ0v) is 13.7. The molecule has 118 valence electrons. The van der Waals surface area contributed by atoms with Crippen molar-refractivity contribution < 1.29 is 9.84 Å². The van der Waals surface area contributed by atoms with Crippen LogP contribution in [0.3, 0.4) is 0 Å². The van der Waals surface area contributed by atoms with Gasteiger partial charge in [0.1, 0.15) is 5.75 Å². The molecule has 0 bridgehead atoms. The van der Waals surface area contributed by atoms with Crippen molar-refractivity contribution in [1.82, 2.24) is 0 Å². The molecule has 1 aliphatic rings. The highest BCUT2D eigenvalue weighted by molar-refractivity contribution is 5.20. The van der Waals surface area contributed by atoms with Gasteiger partial charge in [-0.2, -0.15) is 0 Å². The highest BCUT2D eigenvalue weighted by atomic mass is 16.5. The topological polar surface area (TPSA) is 29.5 Å². The van der Waals surface area contributed by atoms with Crippen molar-refractivity contribution in [1.29, 1.82) is 0 Å². The van der Waals surface area contributed by atoms with Crippen LogP contribution in [0.4, 0.5) is 0 Å². The molecule has 1 N–H and O–H groups in total. The van der Waals surface area contributed by atoms with Crippen LogP contribution in [0, 0.1) is 17.3 Å². The number of aliphatic hydroxyl groups excluding tert-OH is 1. The fourth-order valence-electron chi connectivity index (χ4n) is 3.68. The lowest BCUT2D eigenvalue weighted by Crippen LogP contribution is -2.38. The van der Waals surface area contributed by atoms with Crippen molar-refractivity contribution in [3.05, 3.63) is 30.3 Å². The average Bonchev–Trinajstić information content (AvgIpc) is 2.44. The van der Waals surface area contributed by atoms with E-state index >= 15 is 0 Å². The maximum Gasteiger partial charge on any atom is 0.119 e. The molecule has 1 aromatic rings. The number of ether oxygens (including phenoxy) is 1. The largest absolute Gasteiger partial charge is 0.494 e. The second-order valence-electron chi connectivity index (χ2n) is 7.35. The van der Waals surface area contributed by atoms with Crippen LogP contribution < -0.4 is 4.74 Å². The highest BCUT2D eigenvalue weighted by Crippen LogP contribution is 2.42. The van der Waals surface area contributed by atoms with E-state index in [-0.39, 0.29) is 11.5 Å². The van der Waals surface area contributed by atoms with E-state index in [1.165, 1.54) is 6.42 Å². The van der Waals surface area contributed by atoms with Crippen molar-refractivity contribution in [2.45, 2.75) is 59.0 Å². The second kappa shape index (κ2) is 7.31. The van der Waals surface area contributed by atoms with E-state index in [0.29, 0.717) is 11.8 Å². The lowest BCUT2D eigenvalue weighted by molar-refractivity contribution is -0.0177. The molecule has 3 atom stereocenters. The van der Waals surface area contributed by atoms with Gasteiger partial charge >= 0.3 is 0 Å². The summed E-state index contributed by atoms with van der Waals surface area (Å²) in [5.74, 6) is 2.06. The van der Waals surface area contributed by atoms with E-state index in [0.717, 1.165) is 38.0 Å². The minimum atomic E-state index is -0.126. The molecular formula is C19H30O2. The van der Waals surface area contributed by atoms with Gasteiger partial charge in [0.05, 0.1) is 12.7 Å². The summed E-state index contributed by atoms with van der Waals surface area (Å²) in [5, 5.41) is 10.4.